The molecule has 0 saturated carbocycles. The van der Waals surface area contributed by atoms with Crippen LogP contribution in [0.1, 0.15) is 24.0 Å². The molecule has 0 bridgehead atoms. The number of hydrogen-bond donors (Lipinski definition) is 1. The van der Waals surface area contributed by atoms with Crippen LogP contribution >= 0.6 is 0 Å². The minimum atomic E-state index is -4.57. The smallest absolute Gasteiger partial charge is 0.327 e. The second kappa shape index (κ2) is 5.94. The molecule has 1 aromatic rings. The number of nitrogens with zero attached hydrogens (tertiary/aromatic N) is 1. The molecule has 0 amide bonds. The lowest BCUT2D eigenvalue weighted by Crippen LogP contribution is -2.46. The largest absolute Gasteiger partial charge is 0.416 e. The van der Waals surface area contributed by atoms with E-state index in [0.717, 1.165) is 12.5 Å². The Morgan fingerprint density at radius 3 is 2.57 bits per heavy atom. The number of rotatable bonds is 3. The van der Waals surface area contributed by atoms with Gasteiger partial charge < -0.3 is 5.73 Å². The van der Waals surface area contributed by atoms with Crippen molar-refractivity contribution < 1.29 is 21.6 Å². The Kier molecular flexibility index (Phi) is 4.60. The molecule has 1 aromatic carbocycles. The van der Waals surface area contributed by atoms with Crippen LogP contribution in [-0.4, -0.2) is 31.9 Å². The normalized spacial score (nSPS) is 21.4. The fourth-order valence-corrected chi connectivity index (χ4v) is 4.09. The maximum absolute atomic E-state index is 12.9. The van der Waals surface area contributed by atoms with Crippen molar-refractivity contribution in [2.75, 3.05) is 13.1 Å². The van der Waals surface area contributed by atoms with Gasteiger partial charge in [-0.1, -0.05) is 18.2 Å². The Bertz CT molecular complexity index is 602. The summed E-state index contributed by atoms with van der Waals surface area (Å²) in [6.45, 7) is 0.473. The number of hydrogen-bond acceptors (Lipinski definition) is 3. The molecule has 4 nitrogen and oxygen atoms in total. The fraction of sp³-hybridized carbons (Fsp3) is 0.538. The molecule has 0 radical (unpaired) electrons. The zero-order valence-corrected chi connectivity index (χ0v) is 12.1. The lowest BCUT2D eigenvalue weighted by atomic mass is 10.1. The van der Waals surface area contributed by atoms with Gasteiger partial charge in [-0.3, -0.25) is 0 Å². The third kappa shape index (κ3) is 3.96. The van der Waals surface area contributed by atoms with E-state index >= 15 is 0 Å². The van der Waals surface area contributed by atoms with E-state index in [9.17, 15) is 21.6 Å². The van der Waals surface area contributed by atoms with Crippen LogP contribution in [0.3, 0.4) is 0 Å². The van der Waals surface area contributed by atoms with Gasteiger partial charge in [-0.25, -0.2) is 12.7 Å². The maximum Gasteiger partial charge on any atom is 0.416 e. The highest BCUT2D eigenvalue weighted by molar-refractivity contribution is 7.88. The van der Waals surface area contributed by atoms with Crippen molar-refractivity contribution in [3.05, 3.63) is 35.4 Å². The van der Waals surface area contributed by atoms with Crippen LogP contribution in [0.25, 0.3) is 0 Å². The molecule has 0 aliphatic carbocycles. The Morgan fingerprint density at radius 1 is 1.29 bits per heavy atom. The zero-order chi connectivity index (χ0) is 15.7. The molecule has 2 rings (SSSR count). The molecule has 1 aliphatic rings. The summed E-state index contributed by atoms with van der Waals surface area (Å²) in [4.78, 5) is 0. The first-order valence-corrected chi connectivity index (χ1v) is 8.19. The van der Waals surface area contributed by atoms with Crippen LogP contribution in [0.4, 0.5) is 13.2 Å². The van der Waals surface area contributed by atoms with E-state index in [1.165, 1.54) is 22.5 Å². The van der Waals surface area contributed by atoms with Gasteiger partial charge in [0, 0.05) is 19.1 Å². The Hall–Kier alpha value is -1.12. The average molecular weight is 322 g/mol. The molecule has 1 heterocycles. The molecule has 1 aliphatic heterocycles. The van der Waals surface area contributed by atoms with E-state index in [1.54, 1.807) is 0 Å². The van der Waals surface area contributed by atoms with Crippen molar-refractivity contribution in [3.63, 3.8) is 0 Å². The van der Waals surface area contributed by atoms with Crippen LogP contribution in [0.15, 0.2) is 24.3 Å². The topological polar surface area (TPSA) is 63.4 Å². The van der Waals surface area contributed by atoms with Crippen LogP contribution < -0.4 is 5.73 Å². The van der Waals surface area contributed by atoms with E-state index < -0.39 is 27.5 Å². The van der Waals surface area contributed by atoms with Gasteiger partial charge in [0.1, 0.15) is 0 Å². The number of nitrogens with two attached hydrogens (primary N) is 1. The Balaban J connectivity index is 2.25. The van der Waals surface area contributed by atoms with Crippen LogP contribution in [0.5, 0.6) is 0 Å². The molecule has 1 unspecified atom stereocenters. The van der Waals surface area contributed by atoms with Gasteiger partial charge in [0.2, 0.25) is 10.0 Å². The van der Waals surface area contributed by atoms with Gasteiger partial charge in [-0.2, -0.15) is 13.2 Å². The van der Waals surface area contributed by atoms with Crippen molar-refractivity contribution in [1.29, 1.82) is 0 Å². The van der Waals surface area contributed by atoms with Crippen molar-refractivity contribution in [2.45, 2.75) is 30.8 Å². The predicted molar refractivity (Wildman–Crippen MR) is 72.9 cm³/mol. The minimum absolute atomic E-state index is 0.163. The third-order valence-electron chi connectivity index (χ3n) is 3.47. The van der Waals surface area contributed by atoms with Crippen molar-refractivity contribution in [1.82, 2.24) is 4.31 Å². The van der Waals surface area contributed by atoms with Crippen molar-refractivity contribution in [3.8, 4) is 0 Å². The molecule has 118 valence electrons. The van der Waals surface area contributed by atoms with Crippen LogP contribution in [0, 0.1) is 0 Å². The predicted octanol–water partition coefficient (Wildman–Crippen LogP) is 1.96. The summed E-state index contributed by atoms with van der Waals surface area (Å²) < 4.78 is 64.5. The van der Waals surface area contributed by atoms with E-state index in [1.807, 2.05) is 0 Å². The van der Waals surface area contributed by atoms with Gasteiger partial charge in [-0.05, 0) is 24.5 Å². The first kappa shape index (κ1) is 16.3. The van der Waals surface area contributed by atoms with E-state index in [0.29, 0.717) is 13.0 Å². The minimum Gasteiger partial charge on any atom is -0.327 e. The van der Waals surface area contributed by atoms with Crippen LogP contribution in [0.2, 0.25) is 0 Å². The molecule has 21 heavy (non-hydrogen) atoms. The highest BCUT2D eigenvalue weighted by Gasteiger charge is 2.35. The van der Waals surface area contributed by atoms with E-state index in [4.69, 9.17) is 5.73 Å². The maximum atomic E-state index is 12.9. The summed E-state index contributed by atoms with van der Waals surface area (Å²) in [7, 11) is -3.80. The van der Waals surface area contributed by atoms with E-state index in [-0.39, 0.29) is 18.2 Å². The molecule has 0 spiro atoms. The quantitative estimate of drug-likeness (QED) is 0.925. The number of benzene rings is 1. The Morgan fingerprint density at radius 2 is 1.95 bits per heavy atom. The van der Waals surface area contributed by atoms with Crippen molar-refractivity contribution in [2.24, 2.45) is 5.73 Å². The molecule has 1 fully saturated rings. The standard InChI is InChI=1S/C13H17F3N2O2S/c14-13(15,16)12-6-2-1-4-10(12)9-21(19,20)18-7-3-5-11(17)8-18/h1-2,4,6,11H,3,5,7-9,17H2. The molecule has 2 N–H and O–H groups in total. The average Bonchev–Trinajstić information content (AvgIpc) is 2.37. The number of piperidine rings is 1. The highest BCUT2D eigenvalue weighted by Crippen LogP contribution is 2.33. The molecule has 1 atom stereocenters. The van der Waals surface area contributed by atoms with Gasteiger partial charge in [0.05, 0.1) is 11.3 Å². The lowest BCUT2D eigenvalue weighted by molar-refractivity contribution is -0.138. The number of sulfonamides is 1. The van der Waals surface area contributed by atoms with Gasteiger partial charge in [0.15, 0.2) is 0 Å². The van der Waals surface area contributed by atoms with Gasteiger partial charge in [0.25, 0.3) is 0 Å². The van der Waals surface area contributed by atoms with E-state index in [2.05, 4.69) is 0 Å². The lowest BCUT2D eigenvalue weighted by Gasteiger charge is -2.30. The van der Waals surface area contributed by atoms with Crippen LogP contribution in [-0.2, 0) is 22.0 Å². The molecule has 0 aromatic heterocycles. The number of halogens is 3. The van der Waals surface area contributed by atoms with Gasteiger partial charge >= 0.3 is 6.18 Å². The monoisotopic (exact) mass is 322 g/mol. The van der Waals surface area contributed by atoms with Gasteiger partial charge in [-0.15, -0.1) is 0 Å². The second-order valence-electron chi connectivity index (χ2n) is 5.17. The second-order valence-corrected chi connectivity index (χ2v) is 7.14. The molecule has 1 saturated heterocycles. The summed E-state index contributed by atoms with van der Waals surface area (Å²) in [6.07, 6.45) is -3.21. The molecule has 8 heteroatoms. The third-order valence-corrected chi connectivity index (χ3v) is 5.27. The number of alkyl halides is 3. The molecular formula is C13H17F3N2O2S. The first-order valence-electron chi connectivity index (χ1n) is 6.58. The van der Waals surface area contributed by atoms with Crippen molar-refractivity contribution >= 4 is 10.0 Å². The zero-order valence-electron chi connectivity index (χ0n) is 11.3. The SMILES string of the molecule is NC1CCCN(S(=O)(=O)Cc2ccccc2C(F)(F)F)C1. The summed E-state index contributed by atoms with van der Waals surface area (Å²) in [6, 6.07) is 4.49. The summed E-state index contributed by atoms with van der Waals surface area (Å²) in [5, 5.41) is 0. The summed E-state index contributed by atoms with van der Waals surface area (Å²) >= 11 is 0. The Labute approximate surface area is 121 Å². The first-order chi connectivity index (χ1) is 9.70. The summed E-state index contributed by atoms with van der Waals surface area (Å²) in [5.74, 6) is -0.657. The fourth-order valence-electron chi connectivity index (χ4n) is 2.44. The summed E-state index contributed by atoms with van der Waals surface area (Å²) in [5.41, 5.74) is 4.59. The molecular weight excluding hydrogens is 305 g/mol. The highest BCUT2D eigenvalue weighted by atomic mass is 32.2.